The molecule has 1 aliphatic heterocycles. The van der Waals surface area contributed by atoms with Crippen molar-refractivity contribution in [1.82, 2.24) is 10.6 Å². The number of carbonyl (C=O) groups is 2. The average molecular weight is 284 g/mol. The molecule has 1 fully saturated rings. The molecule has 5 nitrogen and oxygen atoms in total. The number of rotatable bonds is 8. The Morgan fingerprint density at radius 1 is 1.30 bits per heavy atom. The van der Waals surface area contributed by atoms with E-state index >= 15 is 0 Å². The number of piperidine rings is 1. The zero-order valence-corrected chi connectivity index (χ0v) is 12.7. The SMILES string of the molecule is CC(C)CC(CNC(=O)CC1CCNCC1)CC(=O)O. The molecule has 0 radical (unpaired) electrons. The Hall–Kier alpha value is -1.10. The predicted molar refractivity (Wildman–Crippen MR) is 78.4 cm³/mol. The van der Waals surface area contributed by atoms with Gasteiger partial charge in [-0.1, -0.05) is 13.8 Å². The smallest absolute Gasteiger partial charge is 0.303 e. The second-order valence-corrected chi connectivity index (χ2v) is 6.30. The first kappa shape index (κ1) is 17.0. The molecule has 0 spiro atoms. The van der Waals surface area contributed by atoms with Crippen molar-refractivity contribution >= 4 is 11.9 Å². The van der Waals surface area contributed by atoms with Crippen molar-refractivity contribution in [3.05, 3.63) is 0 Å². The molecule has 0 aliphatic carbocycles. The first-order chi connectivity index (χ1) is 9.47. The van der Waals surface area contributed by atoms with Gasteiger partial charge in [-0.25, -0.2) is 0 Å². The van der Waals surface area contributed by atoms with Gasteiger partial charge in [0.2, 0.25) is 5.91 Å². The molecule has 1 atom stereocenters. The van der Waals surface area contributed by atoms with Crippen molar-refractivity contribution in [2.45, 2.75) is 46.0 Å². The maximum absolute atomic E-state index is 11.9. The van der Waals surface area contributed by atoms with Crippen LogP contribution >= 0.6 is 0 Å². The Labute approximate surface area is 121 Å². The summed E-state index contributed by atoms with van der Waals surface area (Å²) in [5, 5.41) is 15.1. The van der Waals surface area contributed by atoms with E-state index in [9.17, 15) is 9.59 Å². The van der Waals surface area contributed by atoms with Gasteiger partial charge in [0.25, 0.3) is 0 Å². The van der Waals surface area contributed by atoms with E-state index in [0.717, 1.165) is 32.4 Å². The zero-order chi connectivity index (χ0) is 15.0. The lowest BCUT2D eigenvalue weighted by Gasteiger charge is -2.23. The van der Waals surface area contributed by atoms with Gasteiger partial charge in [0, 0.05) is 19.4 Å². The van der Waals surface area contributed by atoms with Crippen LogP contribution in [0.4, 0.5) is 0 Å². The Bertz CT molecular complexity index is 312. The fraction of sp³-hybridized carbons (Fsp3) is 0.867. The van der Waals surface area contributed by atoms with Crippen molar-refractivity contribution in [1.29, 1.82) is 0 Å². The molecule has 1 aliphatic rings. The van der Waals surface area contributed by atoms with Gasteiger partial charge in [-0.3, -0.25) is 9.59 Å². The molecule has 0 saturated carbocycles. The van der Waals surface area contributed by atoms with Gasteiger partial charge >= 0.3 is 5.97 Å². The van der Waals surface area contributed by atoms with Crippen LogP contribution in [0.2, 0.25) is 0 Å². The Kier molecular flexibility index (Phi) is 7.59. The van der Waals surface area contributed by atoms with Crippen LogP contribution in [0, 0.1) is 17.8 Å². The van der Waals surface area contributed by atoms with Crippen molar-refractivity contribution in [2.24, 2.45) is 17.8 Å². The third-order valence-electron chi connectivity index (χ3n) is 3.79. The highest BCUT2D eigenvalue weighted by molar-refractivity contribution is 5.76. The summed E-state index contributed by atoms with van der Waals surface area (Å²) in [5.74, 6) is 0.226. The summed E-state index contributed by atoms with van der Waals surface area (Å²) >= 11 is 0. The van der Waals surface area contributed by atoms with Crippen LogP contribution in [0.15, 0.2) is 0 Å². The van der Waals surface area contributed by atoms with Crippen molar-refractivity contribution in [3.8, 4) is 0 Å². The maximum atomic E-state index is 11.9. The van der Waals surface area contributed by atoms with E-state index in [1.165, 1.54) is 0 Å². The minimum atomic E-state index is -0.789. The third-order valence-corrected chi connectivity index (χ3v) is 3.79. The van der Waals surface area contributed by atoms with Crippen LogP contribution in [0.3, 0.4) is 0 Å². The molecule has 1 amide bonds. The maximum Gasteiger partial charge on any atom is 0.303 e. The molecule has 0 bridgehead atoms. The van der Waals surface area contributed by atoms with Crippen LogP contribution in [-0.2, 0) is 9.59 Å². The molecule has 0 aromatic carbocycles. The molecule has 1 rings (SSSR count). The van der Waals surface area contributed by atoms with E-state index in [1.807, 2.05) is 0 Å². The van der Waals surface area contributed by atoms with Gasteiger partial charge < -0.3 is 15.7 Å². The number of carboxylic acids is 1. The van der Waals surface area contributed by atoms with Gasteiger partial charge in [-0.15, -0.1) is 0 Å². The first-order valence-corrected chi connectivity index (χ1v) is 7.66. The lowest BCUT2D eigenvalue weighted by Crippen LogP contribution is -2.35. The molecule has 20 heavy (non-hydrogen) atoms. The van der Waals surface area contributed by atoms with Crippen LogP contribution in [-0.4, -0.2) is 36.6 Å². The highest BCUT2D eigenvalue weighted by Crippen LogP contribution is 2.17. The summed E-state index contributed by atoms with van der Waals surface area (Å²) in [7, 11) is 0. The highest BCUT2D eigenvalue weighted by atomic mass is 16.4. The molecular weight excluding hydrogens is 256 g/mol. The summed E-state index contributed by atoms with van der Waals surface area (Å²) < 4.78 is 0. The van der Waals surface area contributed by atoms with Gasteiger partial charge in [0.1, 0.15) is 0 Å². The molecule has 5 heteroatoms. The van der Waals surface area contributed by atoms with Crippen molar-refractivity contribution < 1.29 is 14.7 Å². The minimum absolute atomic E-state index is 0.0319. The largest absolute Gasteiger partial charge is 0.481 e. The van der Waals surface area contributed by atoms with Crippen LogP contribution in [0.25, 0.3) is 0 Å². The van der Waals surface area contributed by atoms with Crippen LogP contribution in [0.1, 0.15) is 46.0 Å². The summed E-state index contributed by atoms with van der Waals surface area (Å²) in [6.07, 6.45) is 3.64. The molecule has 1 unspecified atom stereocenters. The predicted octanol–water partition coefficient (Wildman–Crippen LogP) is 1.63. The van der Waals surface area contributed by atoms with Gasteiger partial charge in [0.15, 0.2) is 0 Å². The Morgan fingerprint density at radius 3 is 2.50 bits per heavy atom. The van der Waals surface area contributed by atoms with E-state index in [2.05, 4.69) is 24.5 Å². The molecule has 0 aromatic heterocycles. The Balaban J connectivity index is 2.29. The van der Waals surface area contributed by atoms with Crippen LogP contribution in [0.5, 0.6) is 0 Å². The lowest BCUT2D eigenvalue weighted by molar-refractivity contribution is -0.138. The standard InChI is InChI=1S/C15H28N2O3/c1-11(2)7-13(9-15(19)20)10-17-14(18)8-12-3-5-16-6-4-12/h11-13,16H,3-10H2,1-2H3,(H,17,18)(H,19,20). The number of amides is 1. The quantitative estimate of drug-likeness (QED) is 0.633. The molecule has 1 saturated heterocycles. The van der Waals surface area contributed by atoms with Crippen molar-refractivity contribution in [3.63, 3.8) is 0 Å². The minimum Gasteiger partial charge on any atom is -0.481 e. The van der Waals surface area contributed by atoms with E-state index < -0.39 is 5.97 Å². The summed E-state index contributed by atoms with van der Waals surface area (Å²) in [6, 6.07) is 0. The van der Waals surface area contributed by atoms with Gasteiger partial charge in [-0.05, 0) is 50.1 Å². The third kappa shape index (κ3) is 7.48. The second-order valence-electron chi connectivity index (χ2n) is 6.30. The zero-order valence-electron chi connectivity index (χ0n) is 12.7. The highest BCUT2D eigenvalue weighted by Gasteiger charge is 2.19. The number of hydrogen-bond acceptors (Lipinski definition) is 3. The fourth-order valence-electron chi connectivity index (χ4n) is 2.83. The number of hydrogen-bond donors (Lipinski definition) is 3. The summed E-state index contributed by atoms with van der Waals surface area (Å²) in [6.45, 7) is 6.62. The van der Waals surface area contributed by atoms with Crippen LogP contribution < -0.4 is 10.6 Å². The number of carbonyl (C=O) groups excluding carboxylic acids is 1. The summed E-state index contributed by atoms with van der Waals surface area (Å²) in [4.78, 5) is 22.7. The normalized spacial score (nSPS) is 17.9. The van der Waals surface area contributed by atoms with Gasteiger partial charge in [-0.2, -0.15) is 0 Å². The first-order valence-electron chi connectivity index (χ1n) is 7.66. The van der Waals surface area contributed by atoms with Gasteiger partial charge in [0.05, 0.1) is 0 Å². The lowest BCUT2D eigenvalue weighted by atomic mass is 9.93. The molecule has 3 N–H and O–H groups in total. The van der Waals surface area contributed by atoms with E-state index in [1.54, 1.807) is 0 Å². The molecule has 0 aromatic rings. The average Bonchev–Trinajstić information content (AvgIpc) is 2.36. The molecule has 1 heterocycles. The van der Waals surface area contributed by atoms with E-state index in [-0.39, 0.29) is 18.2 Å². The monoisotopic (exact) mass is 284 g/mol. The molecular formula is C15H28N2O3. The topological polar surface area (TPSA) is 78.4 Å². The van der Waals surface area contributed by atoms with E-state index in [0.29, 0.717) is 24.8 Å². The Morgan fingerprint density at radius 2 is 1.95 bits per heavy atom. The number of nitrogens with one attached hydrogen (secondary N) is 2. The number of carboxylic acid groups (broad SMARTS) is 1. The second kappa shape index (κ2) is 8.95. The fourth-order valence-corrected chi connectivity index (χ4v) is 2.83. The number of aliphatic carboxylic acids is 1. The molecule has 116 valence electrons. The summed E-state index contributed by atoms with van der Waals surface area (Å²) in [5.41, 5.74) is 0. The van der Waals surface area contributed by atoms with E-state index in [4.69, 9.17) is 5.11 Å². The van der Waals surface area contributed by atoms with Crippen molar-refractivity contribution in [2.75, 3.05) is 19.6 Å².